The quantitative estimate of drug-likeness (QED) is 0.740. The zero-order valence-electron chi connectivity index (χ0n) is 16.8. The Kier molecular flexibility index (Phi) is 6.40. The second-order valence-electron chi connectivity index (χ2n) is 7.38. The Bertz CT molecular complexity index is 964. The van der Waals surface area contributed by atoms with Crippen LogP contribution in [0.1, 0.15) is 40.8 Å². The van der Waals surface area contributed by atoms with Crippen LogP contribution >= 0.6 is 0 Å². The first-order chi connectivity index (χ1) is 13.7. The van der Waals surface area contributed by atoms with Crippen molar-refractivity contribution in [2.45, 2.75) is 30.7 Å². The number of nitrogens with one attached hydrogen (secondary N) is 1. The summed E-state index contributed by atoms with van der Waals surface area (Å²) >= 11 is 0. The fourth-order valence-electron chi connectivity index (χ4n) is 3.46. The lowest BCUT2D eigenvalue weighted by Crippen LogP contribution is -2.34. The number of carbonyl (C=O) groups is 1. The summed E-state index contributed by atoms with van der Waals surface area (Å²) < 4.78 is 45.6. The highest BCUT2D eigenvalue weighted by molar-refractivity contribution is 7.89. The van der Waals surface area contributed by atoms with Crippen molar-refractivity contribution in [1.82, 2.24) is 14.5 Å². The third kappa shape index (κ3) is 4.68. The van der Waals surface area contributed by atoms with E-state index < -0.39 is 15.9 Å². The van der Waals surface area contributed by atoms with E-state index >= 15 is 0 Å². The molecule has 0 saturated carbocycles. The number of benzene rings is 1. The van der Waals surface area contributed by atoms with Gasteiger partial charge in [-0.3, -0.25) is 4.79 Å². The highest BCUT2D eigenvalue weighted by atomic mass is 32.2. The normalized spacial score (nSPS) is 16.3. The number of sulfonamides is 1. The first-order valence-corrected chi connectivity index (χ1v) is 10.9. The first kappa shape index (κ1) is 21.5. The maximum absolute atomic E-state index is 13.2. The van der Waals surface area contributed by atoms with Crippen molar-refractivity contribution < 1.29 is 22.0 Å². The highest BCUT2D eigenvalue weighted by Gasteiger charge is 2.31. The molecule has 2 heterocycles. The van der Waals surface area contributed by atoms with Crippen molar-refractivity contribution in [3.05, 3.63) is 53.2 Å². The minimum absolute atomic E-state index is 0.0345. The molecule has 29 heavy (non-hydrogen) atoms. The predicted octanol–water partition coefficient (Wildman–Crippen LogP) is 2.54. The van der Waals surface area contributed by atoms with Gasteiger partial charge in [0.1, 0.15) is 16.5 Å². The summed E-state index contributed by atoms with van der Waals surface area (Å²) in [6.07, 6.45) is 1.66. The number of aryl methyl sites for hydroxylation is 1. The molecule has 2 aromatic rings. The van der Waals surface area contributed by atoms with Crippen LogP contribution in [0.4, 0.5) is 4.39 Å². The van der Waals surface area contributed by atoms with Crippen molar-refractivity contribution in [3.63, 3.8) is 0 Å². The van der Waals surface area contributed by atoms with E-state index in [9.17, 15) is 17.6 Å². The fraction of sp³-hybridized carbons (Fsp3) is 0.450. The van der Waals surface area contributed by atoms with Crippen LogP contribution in [-0.2, 0) is 10.0 Å². The van der Waals surface area contributed by atoms with Gasteiger partial charge in [0.05, 0.1) is 6.04 Å². The Labute approximate surface area is 170 Å². The summed E-state index contributed by atoms with van der Waals surface area (Å²) in [5.41, 5.74) is 0.852. The molecule has 1 fully saturated rings. The number of halogens is 1. The maximum Gasteiger partial charge on any atom is 0.287 e. The average molecular weight is 424 g/mol. The van der Waals surface area contributed by atoms with Crippen LogP contribution in [0.3, 0.4) is 0 Å². The lowest BCUT2D eigenvalue weighted by Gasteiger charge is -2.25. The average Bonchev–Trinajstić information content (AvgIpc) is 3.33. The number of likely N-dealkylation sites (N-methyl/N-ethyl adjacent to an activating group) is 1. The fourth-order valence-corrected chi connectivity index (χ4v) is 5.14. The van der Waals surface area contributed by atoms with Crippen LogP contribution in [-0.4, -0.2) is 57.3 Å². The van der Waals surface area contributed by atoms with E-state index in [1.165, 1.54) is 22.5 Å². The molecule has 1 aromatic carbocycles. The van der Waals surface area contributed by atoms with Crippen LogP contribution in [0.2, 0.25) is 0 Å². The van der Waals surface area contributed by atoms with Crippen LogP contribution < -0.4 is 5.32 Å². The molecule has 1 aliphatic rings. The van der Waals surface area contributed by atoms with E-state index in [4.69, 9.17) is 4.42 Å². The second-order valence-corrected chi connectivity index (χ2v) is 9.29. The third-order valence-corrected chi connectivity index (χ3v) is 7.12. The van der Waals surface area contributed by atoms with Crippen molar-refractivity contribution in [3.8, 4) is 0 Å². The molecule has 0 bridgehead atoms. The van der Waals surface area contributed by atoms with Crippen LogP contribution in [0.5, 0.6) is 0 Å². The molecule has 1 aromatic heterocycles. The van der Waals surface area contributed by atoms with Gasteiger partial charge in [-0.25, -0.2) is 12.8 Å². The molecular formula is C20H26FN3O4S. The van der Waals surface area contributed by atoms with E-state index in [1.807, 2.05) is 19.0 Å². The molecule has 3 rings (SSSR count). The van der Waals surface area contributed by atoms with E-state index in [1.54, 1.807) is 19.1 Å². The Hall–Kier alpha value is -2.23. The Balaban J connectivity index is 1.73. The standard InChI is InChI=1S/C20H26FN3O4S/c1-14-19(29(26,27)24-10-4-5-11-24)12-18(28-14)20(25)22-13-17(23(2)3)15-6-8-16(21)9-7-15/h6-9,12,17H,4-5,10-11,13H2,1-3H3,(H,22,25). The number of hydrogen-bond donors (Lipinski definition) is 1. The van der Waals surface area contributed by atoms with Crippen molar-refractivity contribution in [2.24, 2.45) is 0 Å². The molecule has 1 unspecified atom stereocenters. The molecule has 1 atom stereocenters. The molecule has 1 amide bonds. The topological polar surface area (TPSA) is 82.9 Å². The third-order valence-electron chi connectivity index (χ3n) is 5.11. The zero-order valence-corrected chi connectivity index (χ0v) is 17.6. The van der Waals surface area contributed by atoms with Crippen molar-refractivity contribution >= 4 is 15.9 Å². The predicted molar refractivity (Wildman–Crippen MR) is 107 cm³/mol. The number of amides is 1. The molecule has 0 spiro atoms. The molecule has 1 saturated heterocycles. The maximum atomic E-state index is 13.2. The summed E-state index contributed by atoms with van der Waals surface area (Å²) in [4.78, 5) is 14.5. The van der Waals surface area contributed by atoms with E-state index in [0.29, 0.717) is 13.1 Å². The first-order valence-electron chi connectivity index (χ1n) is 9.51. The van der Waals surface area contributed by atoms with Gasteiger partial charge >= 0.3 is 0 Å². The second kappa shape index (κ2) is 8.64. The molecule has 7 nitrogen and oxygen atoms in total. The summed E-state index contributed by atoms with van der Waals surface area (Å²) in [5, 5.41) is 2.78. The number of nitrogens with zero attached hydrogens (tertiary/aromatic N) is 2. The van der Waals surface area contributed by atoms with E-state index in [-0.39, 0.29) is 34.8 Å². The van der Waals surface area contributed by atoms with Gasteiger partial charge in [-0.2, -0.15) is 4.31 Å². The molecule has 9 heteroatoms. The summed E-state index contributed by atoms with van der Waals surface area (Å²) in [5.74, 6) is -0.667. The molecule has 0 aliphatic carbocycles. The number of furan rings is 1. The Morgan fingerprint density at radius 2 is 1.86 bits per heavy atom. The number of hydrogen-bond acceptors (Lipinski definition) is 5. The number of rotatable bonds is 7. The molecule has 158 valence electrons. The zero-order chi connectivity index (χ0) is 21.2. The van der Waals surface area contributed by atoms with Gasteiger partial charge in [0.25, 0.3) is 5.91 Å². The Morgan fingerprint density at radius 3 is 2.45 bits per heavy atom. The Morgan fingerprint density at radius 1 is 1.24 bits per heavy atom. The number of carbonyl (C=O) groups excluding carboxylic acids is 1. The lowest BCUT2D eigenvalue weighted by molar-refractivity contribution is 0.0912. The van der Waals surface area contributed by atoms with Gasteiger partial charge in [0, 0.05) is 25.7 Å². The van der Waals surface area contributed by atoms with Gasteiger partial charge in [-0.15, -0.1) is 0 Å². The van der Waals surface area contributed by atoms with Crippen molar-refractivity contribution in [2.75, 3.05) is 33.7 Å². The van der Waals surface area contributed by atoms with E-state index in [2.05, 4.69) is 5.32 Å². The summed E-state index contributed by atoms with van der Waals surface area (Å²) in [6, 6.07) is 7.20. The lowest BCUT2D eigenvalue weighted by atomic mass is 10.1. The van der Waals surface area contributed by atoms with Gasteiger partial charge in [0.15, 0.2) is 5.76 Å². The minimum atomic E-state index is -3.66. The van der Waals surface area contributed by atoms with Crippen LogP contribution in [0.15, 0.2) is 39.6 Å². The highest BCUT2D eigenvalue weighted by Crippen LogP contribution is 2.26. The monoisotopic (exact) mass is 423 g/mol. The van der Waals surface area contributed by atoms with Crippen LogP contribution in [0.25, 0.3) is 0 Å². The molecule has 1 aliphatic heterocycles. The van der Waals surface area contributed by atoms with Gasteiger partial charge in [-0.05, 0) is 51.6 Å². The van der Waals surface area contributed by atoms with Crippen molar-refractivity contribution in [1.29, 1.82) is 0 Å². The van der Waals surface area contributed by atoms with Gasteiger partial charge in [0.2, 0.25) is 10.0 Å². The van der Waals surface area contributed by atoms with Gasteiger partial charge in [-0.1, -0.05) is 12.1 Å². The SMILES string of the molecule is Cc1oc(C(=O)NCC(c2ccc(F)cc2)N(C)C)cc1S(=O)(=O)N1CCCC1. The minimum Gasteiger partial charge on any atom is -0.455 e. The molecule has 1 N–H and O–H groups in total. The smallest absolute Gasteiger partial charge is 0.287 e. The van der Waals surface area contributed by atoms with E-state index in [0.717, 1.165) is 18.4 Å². The van der Waals surface area contributed by atoms with Gasteiger partial charge < -0.3 is 14.6 Å². The van der Waals surface area contributed by atoms with Crippen LogP contribution in [0, 0.1) is 12.7 Å². The largest absolute Gasteiger partial charge is 0.455 e. The summed E-state index contributed by atoms with van der Waals surface area (Å²) in [6.45, 7) is 2.76. The summed E-state index contributed by atoms with van der Waals surface area (Å²) in [7, 11) is 0.0602. The molecular weight excluding hydrogens is 397 g/mol. The molecule has 0 radical (unpaired) electrons.